The van der Waals surface area contributed by atoms with E-state index in [0.29, 0.717) is 6.42 Å². The summed E-state index contributed by atoms with van der Waals surface area (Å²) in [5, 5.41) is 67.7. The summed E-state index contributed by atoms with van der Waals surface area (Å²) in [6.45, 7) is 15.4. The van der Waals surface area contributed by atoms with Gasteiger partial charge in [0.2, 0.25) is 0 Å². The van der Waals surface area contributed by atoms with Crippen LogP contribution < -0.4 is 0 Å². The Balaban J connectivity index is 2.15. The highest BCUT2D eigenvalue weighted by atomic mass is 16.7. The molecule has 3 aliphatic heterocycles. The second kappa shape index (κ2) is 15.7. The number of ether oxygens (including phenoxy) is 5. The third kappa shape index (κ3) is 9.20. The number of hydrogen-bond donors (Lipinski definition) is 6. The molecule has 0 saturated carbocycles. The molecule has 6 N–H and O–H groups in total. The zero-order chi connectivity index (χ0) is 37.5. The number of esters is 1. The largest absolute Gasteiger partial charge is 0.459 e. The lowest BCUT2D eigenvalue weighted by Crippen LogP contribution is -2.61. The molecule has 49 heavy (non-hydrogen) atoms. The highest BCUT2D eigenvalue weighted by molar-refractivity contribution is 5.83. The molecule has 0 bridgehead atoms. The number of cyclic esters (lactones) is 1. The first kappa shape index (κ1) is 42.1. The standard InChI is InChI=1S/C35H63NO13/c1-16-14-34(9,43)30(49-32-26(38)23(36(11)12)13-17(2)45-32)19(4)27(48-24-15-33(8,42)29(40)21(6)46-24)20(5)31(41)47-22(7)35(10,44)28(39)18(3)25(16)37/h16-24,26-30,32,38-40,42-44H,13-15H2,1-12H3. The smallest absolute Gasteiger partial charge is 0.311 e. The number of hydrogen-bond acceptors (Lipinski definition) is 14. The number of aliphatic hydroxyl groups excluding tert-OH is 3. The number of carbonyl (C=O) groups is 2. The van der Waals surface area contributed by atoms with Crippen LogP contribution in [0.3, 0.4) is 0 Å². The lowest BCUT2D eigenvalue weighted by molar-refractivity contribution is -0.316. The van der Waals surface area contributed by atoms with Crippen LogP contribution in [-0.2, 0) is 33.3 Å². The van der Waals surface area contributed by atoms with Crippen LogP contribution in [0.15, 0.2) is 0 Å². The predicted octanol–water partition coefficient (Wildman–Crippen LogP) is 0.741. The van der Waals surface area contributed by atoms with Gasteiger partial charge in [0.25, 0.3) is 0 Å². The zero-order valence-corrected chi connectivity index (χ0v) is 31.3. The van der Waals surface area contributed by atoms with Gasteiger partial charge in [0, 0.05) is 30.2 Å². The monoisotopic (exact) mass is 705 g/mol. The van der Waals surface area contributed by atoms with E-state index in [2.05, 4.69) is 0 Å². The summed E-state index contributed by atoms with van der Waals surface area (Å²) >= 11 is 0. The number of carbonyl (C=O) groups excluding carboxylic acids is 2. The predicted molar refractivity (Wildman–Crippen MR) is 177 cm³/mol. The molecule has 0 aliphatic carbocycles. The highest BCUT2D eigenvalue weighted by Gasteiger charge is 2.53. The molecular weight excluding hydrogens is 642 g/mol. The molecule has 0 aromatic rings. The minimum atomic E-state index is -2.02. The number of Topliss-reactive ketones (excluding diaryl/α,β-unsaturated/α-hetero) is 1. The molecule has 3 fully saturated rings. The van der Waals surface area contributed by atoms with Crippen LogP contribution in [-0.4, -0.2) is 146 Å². The van der Waals surface area contributed by atoms with Gasteiger partial charge in [-0.1, -0.05) is 20.8 Å². The maximum Gasteiger partial charge on any atom is 0.311 e. The van der Waals surface area contributed by atoms with Gasteiger partial charge in [-0.05, 0) is 75.4 Å². The van der Waals surface area contributed by atoms with Gasteiger partial charge in [0.15, 0.2) is 12.6 Å². The van der Waals surface area contributed by atoms with E-state index in [0.717, 1.165) is 0 Å². The van der Waals surface area contributed by atoms with Gasteiger partial charge in [-0.15, -0.1) is 0 Å². The number of aliphatic hydroxyl groups is 6. The minimum absolute atomic E-state index is 0.154. The Morgan fingerprint density at radius 3 is 1.94 bits per heavy atom. The van der Waals surface area contributed by atoms with Crippen LogP contribution in [0, 0.1) is 23.7 Å². The number of likely N-dealkylation sites (N-methyl/N-ethyl adjacent to an activating group) is 1. The van der Waals surface area contributed by atoms with Crippen molar-refractivity contribution >= 4 is 11.8 Å². The van der Waals surface area contributed by atoms with E-state index in [9.17, 15) is 40.2 Å². The summed E-state index contributed by atoms with van der Waals surface area (Å²) in [5.41, 5.74) is -5.43. The third-order valence-corrected chi connectivity index (χ3v) is 11.2. The van der Waals surface area contributed by atoms with Crippen LogP contribution in [0.25, 0.3) is 0 Å². The van der Waals surface area contributed by atoms with E-state index in [1.807, 2.05) is 25.9 Å². The van der Waals surface area contributed by atoms with Crippen LogP contribution >= 0.6 is 0 Å². The van der Waals surface area contributed by atoms with Crippen LogP contribution in [0.2, 0.25) is 0 Å². The normalized spacial score (nSPS) is 51.3. The Labute approximate surface area is 291 Å². The molecule has 0 aromatic carbocycles. The molecule has 0 spiro atoms. The van der Waals surface area contributed by atoms with Crippen molar-refractivity contribution in [3.05, 3.63) is 0 Å². The van der Waals surface area contributed by atoms with Crippen molar-refractivity contribution < 1.29 is 63.9 Å². The summed E-state index contributed by atoms with van der Waals surface area (Å²) in [5.74, 6) is -5.16. The summed E-state index contributed by atoms with van der Waals surface area (Å²) in [6, 6.07) is -0.337. The fourth-order valence-corrected chi connectivity index (χ4v) is 7.81. The van der Waals surface area contributed by atoms with Gasteiger partial charge in [0.05, 0.1) is 47.6 Å². The number of rotatable bonds is 5. The quantitative estimate of drug-likeness (QED) is 0.219. The molecular formula is C35H63NO13. The third-order valence-electron chi connectivity index (χ3n) is 11.2. The lowest BCUT2D eigenvalue weighted by atomic mass is 9.74. The Morgan fingerprint density at radius 1 is 0.796 bits per heavy atom. The summed E-state index contributed by atoms with van der Waals surface area (Å²) < 4.78 is 30.7. The lowest BCUT2D eigenvalue weighted by Gasteiger charge is -2.48. The summed E-state index contributed by atoms with van der Waals surface area (Å²) in [4.78, 5) is 29.4. The minimum Gasteiger partial charge on any atom is -0.459 e. The zero-order valence-electron chi connectivity index (χ0n) is 31.3. The second-order valence-corrected chi connectivity index (χ2v) is 16.1. The molecule has 3 heterocycles. The number of ketones is 1. The molecule has 3 rings (SSSR count). The topological polar surface area (TPSA) is 205 Å². The first-order chi connectivity index (χ1) is 22.3. The van der Waals surface area contributed by atoms with E-state index in [1.54, 1.807) is 27.7 Å². The Kier molecular flexibility index (Phi) is 13.5. The van der Waals surface area contributed by atoms with Crippen molar-refractivity contribution in [1.82, 2.24) is 4.90 Å². The Morgan fingerprint density at radius 2 is 1.39 bits per heavy atom. The SMILES string of the molecule is CC1CC(N(C)C)C(O)C(OC2C(C)C(OC3CC(C)(O)C(O)C(C)O3)C(C)C(=O)OC(C)C(C)(O)C(O)C(C)C(=O)C(C)CC2(C)O)O1. The summed E-state index contributed by atoms with van der Waals surface area (Å²) in [6.07, 6.45) is -10.8. The molecule has 286 valence electrons. The van der Waals surface area contributed by atoms with Crippen LogP contribution in [0.1, 0.15) is 88.5 Å². The van der Waals surface area contributed by atoms with E-state index in [-0.39, 0.29) is 25.0 Å². The van der Waals surface area contributed by atoms with Gasteiger partial charge >= 0.3 is 5.97 Å². The fourth-order valence-electron chi connectivity index (χ4n) is 7.81. The molecule has 0 radical (unpaired) electrons. The Hall–Kier alpha value is -1.30. The van der Waals surface area contributed by atoms with E-state index in [1.165, 1.54) is 34.6 Å². The van der Waals surface area contributed by atoms with Gasteiger partial charge in [-0.25, -0.2) is 0 Å². The first-order valence-corrected chi connectivity index (χ1v) is 17.6. The van der Waals surface area contributed by atoms with Gasteiger partial charge in [-0.3, -0.25) is 9.59 Å². The van der Waals surface area contributed by atoms with E-state index >= 15 is 0 Å². The Bertz CT molecular complexity index is 1130. The van der Waals surface area contributed by atoms with Gasteiger partial charge in [-0.2, -0.15) is 0 Å². The van der Waals surface area contributed by atoms with E-state index in [4.69, 9.17) is 23.7 Å². The van der Waals surface area contributed by atoms with Crippen molar-refractivity contribution in [3.8, 4) is 0 Å². The van der Waals surface area contributed by atoms with Crippen molar-refractivity contribution in [1.29, 1.82) is 0 Å². The van der Waals surface area contributed by atoms with E-state index < -0.39 is 108 Å². The highest BCUT2D eigenvalue weighted by Crippen LogP contribution is 2.40. The van der Waals surface area contributed by atoms with Gasteiger partial charge < -0.3 is 59.2 Å². The molecule has 18 unspecified atom stereocenters. The van der Waals surface area contributed by atoms with Crippen LogP contribution in [0.4, 0.5) is 0 Å². The molecule has 14 nitrogen and oxygen atoms in total. The maximum absolute atomic E-state index is 13.8. The molecule has 0 amide bonds. The molecule has 3 saturated heterocycles. The van der Waals surface area contributed by atoms with Crippen molar-refractivity contribution in [2.45, 2.75) is 173 Å². The first-order valence-electron chi connectivity index (χ1n) is 17.6. The maximum atomic E-state index is 13.8. The van der Waals surface area contributed by atoms with Crippen molar-refractivity contribution in [2.24, 2.45) is 23.7 Å². The van der Waals surface area contributed by atoms with Crippen LogP contribution in [0.5, 0.6) is 0 Å². The van der Waals surface area contributed by atoms with Crippen molar-refractivity contribution in [2.75, 3.05) is 14.1 Å². The molecule has 18 atom stereocenters. The van der Waals surface area contributed by atoms with Gasteiger partial charge in [0.1, 0.15) is 29.7 Å². The number of nitrogens with zero attached hydrogens (tertiary/aromatic N) is 1. The average Bonchev–Trinajstić information content (AvgIpc) is 2.99. The fraction of sp³-hybridized carbons (Fsp3) is 0.943. The molecule has 14 heteroatoms. The molecule has 3 aliphatic rings. The molecule has 0 aromatic heterocycles. The summed E-state index contributed by atoms with van der Waals surface area (Å²) in [7, 11) is 3.66. The second-order valence-electron chi connectivity index (χ2n) is 16.1. The average molecular weight is 706 g/mol. The van der Waals surface area contributed by atoms with Crippen molar-refractivity contribution in [3.63, 3.8) is 0 Å².